The second kappa shape index (κ2) is 5.71. The van der Waals surface area contributed by atoms with Crippen LogP contribution in [0.5, 0.6) is 0 Å². The van der Waals surface area contributed by atoms with E-state index in [2.05, 4.69) is 72.9 Å². The van der Waals surface area contributed by atoms with Gasteiger partial charge in [-0.15, -0.1) is 0 Å². The van der Waals surface area contributed by atoms with Gasteiger partial charge in [-0.3, -0.25) is 0 Å². The molecule has 0 aliphatic carbocycles. The smallest absolute Gasteiger partial charge is 0.0604 e. The minimum absolute atomic E-state index is 0.137. The molecule has 1 aliphatic rings. The number of hydrogen-bond donors (Lipinski definition) is 2. The Kier molecular flexibility index (Phi) is 3.55. The molecule has 2 atom stereocenters. The van der Waals surface area contributed by atoms with Crippen LogP contribution in [0.1, 0.15) is 29.2 Å². The third-order valence-electron chi connectivity index (χ3n) is 4.78. The number of nitrogens with one attached hydrogen (secondary N) is 1. The van der Waals surface area contributed by atoms with Crippen LogP contribution in [0, 0.1) is 6.92 Å². The molecule has 1 aliphatic heterocycles. The molecular weight excluding hydrogens is 282 g/mol. The van der Waals surface area contributed by atoms with E-state index < -0.39 is 0 Å². The van der Waals surface area contributed by atoms with Crippen molar-refractivity contribution in [3.63, 3.8) is 0 Å². The van der Waals surface area contributed by atoms with Gasteiger partial charge in [0, 0.05) is 17.5 Å². The topological polar surface area (TPSA) is 32.3 Å². The maximum absolute atomic E-state index is 10.5. The monoisotopic (exact) mass is 303 g/mol. The number of aliphatic hydroxyl groups excluding tert-OH is 1. The van der Waals surface area contributed by atoms with E-state index >= 15 is 0 Å². The van der Waals surface area contributed by atoms with E-state index in [9.17, 15) is 5.11 Å². The van der Waals surface area contributed by atoms with Crippen molar-refractivity contribution >= 4 is 16.5 Å². The van der Waals surface area contributed by atoms with Crippen molar-refractivity contribution in [3.8, 4) is 0 Å². The van der Waals surface area contributed by atoms with Crippen molar-refractivity contribution < 1.29 is 5.11 Å². The second-order valence-electron chi connectivity index (χ2n) is 6.52. The van der Waals surface area contributed by atoms with Gasteiger partial charge >= 0.3 is 0 Å². The third kappa shape index (κ3) is 2.71. The molecular formula is C21H21NO. The number of anilines is 1. The first-order valence-electron chi connectivity index (χ1n) is 8.22. The highest BCUT2D eigenvalue weighted by atomic mass is 16.3. The zero-order valence-corrected chi connectivity index (χ0v) is 13.3. The van der Waals surface area contributed by atoms with Gasteiger partial charge in [0.25, 0.3) is 0 Å². The molecule has 0 spiro atoms. The van der Waals surface area contributed by atoms with Gasteiger partial charge in [0.15, 0.2) is 0 Å². The van der Waals surface area contributed by atoms with Crippen LogP contribution in [0.3, 0.4) is 0 Å². The Morgan fingerprint density at radius 1 is 0.957 bits per heavy atom. The van der Waals surface area contributed by atoms with Crippen LogP contribution in [-0.2, 0) is 6.42 Å². The highest BCUT2D eigenvalue weighted by Gasteiger charge is 2.24. The maximum Gasteiger partial charge on any atom is 0.0604 e. The van der Waals surface area contributed by atoms with Gasteiger partial charge in [-0.1, -0.05) is 66.2 Å². The van der Waals surface area contributed by atoms with Crippen LogP contribution < -0.4 is 5.32 Å². The van der Waals surface area contributed by atoms with Crippen LogP contribution in [-0.4, -0.2) is 11.2 Å². The Balaban J connectivity index is 1.81. The zero-order chi connectivity index (χ0) is 15.8. The van der Waals surface area contributed by atoms with Crippen molar-refractivity contribution in [1.82, 2.24) is 0 Å². The molecule has 0 aromatic heterocycles. The van der Waals surface area contributed by atoms with Crippen molar-refractivity contribution in [2.24, 2.45) is 0 Å². The van der Waals surface area contributed by atoms with E-state index in [1.165, 1.54) is 33.2 Å². The number of rotatable bonds is 1. The van der Waals surface area contributed by atoms with Gasteiger partial charge in [0.2, 0.25) is 0 Å². The van der Waals surface area contributed by atoms with Crippen LogP contribution >= 0.6 is 0 Å². The number of aryl methyl sites for hydroxylation is 1. The summed E-state index contributed by atoms with van der Waals surface area (Å²) in [6, 6.07) is 21.5. The largest absolute Gasteiger partial charge is 0.393 e. The molecule has 0 amide bonds. The molecule has 0 bridgehead atoms. The molecule has 0 unspecified atom stereocenters. The average Bonchev–Trinajstić information content (AvgIpc) is 2.74. The van der Waals surface area contributed by atoms with E-state index in [0.29, 0.717) is 6.42 Å². The molecule has 0 radical (unpaired) electrons. The minimum atomic E-state index is -0.323. The van der Waals surface area contributed by atoms with Crippen LogP contribution in [0.15, 0.2) is 60.7 Å². The summed E-state index contributed by atoms with van der Waals surface area (Å²) in [5.41, 5.74) is 4.86. The fourth-order valence-corrected chi connectivity index (χ4v) is 3.52. The molecule has 3 aromatic rings. The first kappa shape index (κ1) is 14.3. The van der Waals surface area contributed by atoms with Gasteiger partial charge < -0.3 is 10.4 Å². The van der Waals surface area contributed by atoms with E-state index in [-0.39, 0.29) is 12.1 Å². The summed E-state index contributed by atoms with van der Waals surface area (Å²) < 4.78 is 0. The Bertz CT molecular complexity index is 838. The van der Waals surface area contributed by atoms with Gasteiger partial charge in [-0.05, 0) is 29.9 Å². The standard InChI is InChI=1S/C21H21NO/c1-14-6-8-16(9-7-14)20-13-18(23)12-17-11-10-15-4-2-3-5-19(15)21(17)22-20/h2-11,18,20,22-23H,12-13H2,1H3/t18-,20+/m1/s1. The number of benzene rings is 3. The first-order valence-corrected chi connectivity index (χ1v) is 8.22. The molecule has 23 heavy (non-hydrogen) atoms. The van der Waals surface area contributed by atoms with Gasteiger partial charge in [0.1, 0.15) is 0 Å². The quantitative estimate of drug-likeness (QED) is 0.688. The lowest BCUT2D eigenvalue weighted by Gasteiger charge is -2.21. The fraction of sp³-hybridized carbons (Fsp3) is 0.238. The van der Waals surface area contributed by atoms with Crippen molar-refractivity contribution in [1.29, 1.82) is 0 Å². The predicted molar refractivity (Wildman–Crippen MR) is 95.8 cm³/mol. The van der Waals surface area contributed by atoms with E-state index in [0.717, 1.165) is 6.42 Å². The van der Waals surface area contributed by atoms with Crippen LogP contribution in [0.4, 0.5) is 5.69 Å². The Labute approximate surface area is 136 Å². The second-order valence-corrected chi connectivity index (χ2v) is 6.52. The number of aliphatic hydroxyl groups is 1. The molecule has 3 aromatic carbocycles. The van der Waals surface area contributed by atoms with E-state index in [4.69, 9.17) is 0 Å². The molecule has 2 heteroatoms. The zero-order valence-electron chi connectivity index (χ0n) is 13.3. The summed E-state index contributed by atoms with van der Waals surface area (Å²) in [5.74, 6) is 0. The molecule has 2 N–H and O–H groups in total. The van der Waals surface area contributed by atoms with Gasteiger partial charge in [-0.25, -0.2) is 0 Å². The Hall–Kier alpha value is -2.32. The van der Waals surface area contributed by atoms with Crippen LogP contribution in [0.25, 0.3) is 10.8 Å². The highest BCUT2D eigenvalue weighted by Crippen LogP contribution is 2.36. The molecule has 1 heterocycles. The maximum atomic E-state index is 10.5. The Morgan fingerprint density at radius 3 is 2.57 bits per heavy atom. The fourth-order valence-electron chi connectivity index (χ4n) is 3.52. The third-order valence-corrected chi connectivity index (χ3v) is 4.78. The first-order chi connectivity index (χ1) is 11.2. The SMILES string of the molecule is Cc1ccc([C@@H]2C[C@H](O)Cc3ccc4ccccc4c3N2)cc1. The van der Waals surface area contributed by atoms with E-state index in [1.54, 1.807) is 0 Å². The average molecular weight is 303 g/mol. The highest BCUT2D eigenvalue weighted by molar-refractivity contribution is 5.95. The minimum Gasteiger partial charge on any atom is -0.393 e. The molecule has 0 saturated heterocycles. The molecule has 4 rings (SSSR count). The molecule has 0 saturated carbocycles. The summed E-state index contributed by atoms with van der Waals surface area (Å²) in [7, 11) is 0. The lowest BCUT2D eigenvalue weighted by molar-refractivity contribution is 0.161. The lowest BCUT2D eigenvalue weighted by Crippen LogP contribution is -2.16. The van der Waals surface area contributed by atoms with Crippen LogP contribution in [0.2, 0.25) is 0 Å². The van der Waals surface area contributed by atoms with E-state index in [1.807, 2.05) is 0 Å². The lowest BCUT2D eigenvalue weighted by atomic mass is 9.98. The molecule has 116 valence electrons. The van der Waals surface area contributed by atoms with Crippen molar-refractivity contribution in [2.45, 2.75) is 31.9 Å². The summed E-state index contributed by atoms with van der Waals surface area (Å²) >= 11 is 0. The number of hydrogen-bond acceptors (Lipinski definition) is 2. The number of fused-ring (bicyclic) bond motifs is 3. The molecule has 2 nitrogen and oxygen atoms in total. The molecule has 0 fully saturated rings. The van der Waals surface area contributed by atoms with Gasteiger partial charge in [0.05, 0.1) is 12.1 Å². The van der Waals surface area contributed by atoms with Gasteiger partial charge in [-0.2, -0.15) is 0 Å². The summed E-state index contributed by atoms with van der Waals surface area (Å²) in [4.78, 5) is 0. The normalized spacial score (nSPS) is 20.6. The van der Waals surface area contributed by atoms with Crippen molar-refractivity contribution in [2.75, 3.05) is 5.32 Å². The predicted octanol–water partition coefficient (Wildman–Crippen LogP) is 4.61. The summed E-state index contributed by atoms with van der Waals surface area (Å²) in [6.07, 6.45) is 1.11. The summed E-state index contributed by atoms with van der Waals surface area (Å²) in [6.45, 7) is 2.10. The van der Waals surface area contributed by atoms with Crippen molar-refractivity contribution in [3.05, 3.63) is 77.4 Å². The summed E-state index contributed by atoms with van der Waals surface area (Å²) in [5, 5.41) is 16.6. The Morgan fingerprint density at radius 2 is 1.74 bits per heavy atom.